The first kappa shape index (κ1) is 8.16. The molecule has 0 aliphatic carbocycles. The lowest BCUT2D eigenvalue weighted by atomic mass is 10.4. The number of hydrogen-bond donors (Lipinski definition) is 0. The predicted molar refractivity (Wildman–Crippen MR) is 40.0 cm³/mol. The molecule has 0 aromatic carbocycles. The van der Waals surface area contributed by atoms with Crippen molar-refractivity contribution in [3.63, 3.8) is 0 Å². The number of pyridine rings is 1. The van der Waals surface area contributed by atoms with E-state index >= 15 is 0 Å². The molecule has 0 amide bonds. The molecule has 5 heteroatoms. The number of rotatable bonds is 2. The minimum atomic E-state index is -3.69. The zero-order valence-corrected chi connectivity index (χ0v) is 6.50. The second kappa shape index (κ2) is 2.98. The van der Waals surface area contributed by atoms with Crippen molar-refractivity contribution in [2.24, 2.45) is 0 Å². The minimum Gasteiger partial charge on any atom is -0.260 e. The molecule has 0 bridgehead atoms. The van der Waals surface area contributed by atoms with E-state index in [9.17, 15) is 8.42 Å². The Bertz CT molecular complexity index is 320. The zero-order chi connectivity index (χ0) is 8.32. The summed E-state index contributed by atoms with van der Waals surface area (Å²) in [6.07, 6.45) is 1.50. The third-order valence-electron chi connectivity index (χ3n) is 1.06. The summed E-state index contributed by atoms with van der Waals surface area (Å²) in [5.74, 6) is -0.312. The summed E-state index contributed by atoms with van der Waals surface area (Å²) in [5.41, 5.74) is 0.405. The van der Waals surface area contributed by atoms with E-state index in [1.54, 1.807) is 18.2 Å². The maximum Gasteiger partial charge on any atom is 0.230 e. The molecule has 4 nitrogen and oxygen atoms in total. The number of aromatic nitrogens is 1. The fourth-order valence-electron chi connectivity index (χ4n) is 0.678. The molecule has 0 fully saturated rings. The summed E-state index contributed by atoms with van der Waals surface area (Å²) in [6, 6.07) is 4.96. The molecule has 0 saturated carbocycles. The first-order valence-electron chi connectivity index (χ1n) is 2.95. The highest BCUT2D eigenvalue weighted by atomic mass is 32.2. The van der Waals surface area contributed by atoms with Crippen LogP contribution in [0.15, 0.2) is 24.4 Å². The van der Waals surface area contributed by atoms with E-state index in [0.29, 0.717) is 5.69 Å². The van der Waals surface area contributed by atoms with Gasteiger partial charge in [-0.05, 0) is 12.1 Å². The van der Waals surface area contributed by atoms with Crippen LogP contribution in [0.4, 0.5) is 0 Å². The largest absolute Gasteiger partial charge is 0.260 e. The summed E-state index contributed by atoms with van der Waals surface area (Å²) in [6.45, 7) is 0. The Hall–Kier alpha value is -0.940. The standard InChI is InChI=1S/C6H7N2O2S/c7-11(9,10)5-6-3-1-2-4-8-6/h1-4,7H,5H2. The smallest absolute Gasteiger partial charge is 0.230 e. The van der Waals surface area contributed by atoms with Crippen molar-refractivity contribution in [1.82, 2.24) is 10.1 Å². The van der Waals surface area contributed by atoms with Crippen LogP contribution in [0.5, 0.6) is 0 Å². The number of nitrogens with one attached hydrogen (secondary N) is 1. The average Bonchev–Trinajstić information content (AvgIpc) is 1.85. The van der Waals surface area contributed by atoms with E-state index < -0.39 is 10.0 Å². The van der Waals surface area contributed by atoms with Crippen LogP contribution in [0, 0.1) is 0 Å². The summed E-state index contributed by atoms with van der Waals surface area (Å²) in [4.78, 5) is 3.76. The van der Waals surface area contributed by atoms with E-state index in [1.807, 2.05) is 0 Å². The molecule has 0 aliphatic heterocycles. The normalized spacial score (nSPS) is 11.4. The van der Waals surface area contributed by atoms with Crippen molar-refractivity contribution in [2.75, 3.05) is 0 Å². The van der Waals surface area contributed by atoms with Crippen LogP contribution in [0.3, 0.4) is 0 Å². The van der Waals surface area contributed by atoms with Gasteiger partial charge in [0.2, 0.25) is 10.0 Å². The lowest BCUT2D eigenvalue weighted by Crippen LogP contribution is -2.04. The highest BCUT2D eigenvalue weighted by molar-refractivity contribution is 7.87. The van der Waals surface area contributed by atoms with Crippen LogP contribution in [0.1, 0.15) is 5.69 Å². The molecule has 0 unspecified atom stereocenters. The molecule has 0 spiro atoms. The van der Waals surface area contributed by atoms with E-state index in [1.165, 1.54) is 6.20 Å². The summed E-state index contributed by atoms with van der Waals surface area (Å²) in [7, 11) is -3.69. The highest BCUT2D eigenvalue weighted by Crippen LogP contribution is 1.98. The molecule has 0 atom stereocenters. The third-order valence-corrected chi connectivity index (χ3v) is 1.74. The van der Waals surface area contributed by atoms with Gasteiger partial charge in [-0.25, -0.2) is 8.42 Å². The molecule has 0 aliphatic rings. The molecule has 1 aromatic rings. The Morgan fingerprint density at radius 3 is 2.64 bits per heavy atom. The predicted octanol–water partition coefficient (Wildman–Crippen LogP) is 0.194. The molecule has 1 N–H and O–H groups in total. The van der Waals surface area contributed by atoms with Gasteiger partial charge >= 0.3 is 0 Å². The van der Waals surface area contributed by atoms with Gasteiger partial charge in [0.15, 0.2) is 0 Å². The van der Waals surface area contributed by atoms with Crippen LogP contribution in [-0.4, -0.2) is 13.4 Å². The maximum atomic E-state index is 10.4. The lowest BCUT2D eigenvalue weighted by Gasteiger charge is -1.94. The maximum absolute atomic E-state index is 10.4. The molecule has 1 aromatic heterocycles. The Kier molecular flexibility index (Phi) is 2.21. The minimum absolute atomic E-state index is 0.312. The first-order valence-corrected chi connectivity index (χ1v) is 4.60. The second-order valence-corrected chi connectivity index (χ2v) is 3.60. The highest BCUT2D eigenvalue weighted by Gasteiger charge is 2.05. The van der Waals surface area contributed by atoms with Crippen LogP contribution >= 0.6 is 0 Å². The Morgan fingerprint density at radius 1 is 1.45 bits per heavy atom. The zero-order valence-electron chi connectivity index (χ0n) is 5.69. The molecule has 1 heterocycles. The fourth-order valence-corrected chi connectivity index (χ4v) is 1.24. The molecule has 59 valence electrons. The van der Waals surface area contributed by atoms with Crippen LogP contribution in [0.25, 0.3) is 0 Å². The van der Waals surface area contributed by atoms with E-state index in [4.69, 9.17) is 5.14 Å². The quantitative estimate of drug-likeness (QED) is 0.637. The van der Waals surface area contributed by atoms with Crippen molar-refractivity contribution in [3.05, 3.63) is 30.1 Å². The molecule has 0 saturated heterocycles. The van der Waals surface area contributed by atoms with Gasteiger partial charge in [-0.15, -0.1) is 5.14 Å². The van der Waals surface area contributed by atoms with E-state index in [0.717, 1.165) is 0 Å². The summed E-state index contributed by atoms with van der Waals surface area (Å²) >= 11 is 0. The summed E-state index contributed by atoms with van der Waals surface area (Å²) < 4.78 is 20.9. The van der Waals surface area contributed by atoms with Crippen LogP contribution in [-0.2, 0) is 15.8 Å². The topological polar surface area (TPSA) is 70.8 Å². The fraction of sp³-hybridized carbons (Fsp3) is 0.167. The average molecular weight is 171 g/mol. The van der Waals surface area contributed by atoms with Gasteiger partial charge in [0.05, 0.1) is 5.69 Å². The van der Waals surface area contributed by atoms with Gasteiger partial charge in [0, 0.05) is 6.20 Å². The molecule has 11 heavy (non-hydrogen) atoms. The van der Waals surface area contributed by atoms with Crippen molar-refractivity contribution in [2.45, 2.75) is 5.75 Å². The molecule has 1 rings (SSSR count). The van der Waals surface area contributed by atoms with Crippen LogP contribution in [0.2, 0.25) is 0 Å². The lowest BCUT2D eigenvalue weighted by molar-refractivity contribution is 0.595. The second-order valence-electron chi connectivity index (χ2n) is 2.08. The third kappa shape index (κ3) is 3.10. The van der Waals surface area contributed by atoms with Gasteiger partial charge in [-0.1, -0.05) is 6.07 Å². The van der Waals surface area contributed by atoms with E-state index in [2.05, 4.69) is 4.98 Å². The van der Waals surface area contributed by atoms with Gasteiger partial charge in [0.1, 0.15) is 5.75 Å². The van der Waals surface area contributed by atoms with Crippen molar-refractivity contribution < 1.29 is 8.42 Å². The van der Waals surface area contributed by atoms with Gasteiger partial charge in [0.25, 0.3) is 0 Å². The SMILES string of the molecule is [NH]S(=O)(=O)Cc1ccccn1. The number of nitrogens with zero attached hydrogens (tertiary/aromatic N) is 1. The Labute approximate surface area is 65.1 Å². The van der Waals surface area contributed by atoms with Crippen molar-refractivity contribution >= 4 is 10.0 Å². The Morgan fingerprint density at radius 2 is 2.18 bits per heavy atom. The van der Waals surface area contributed by atoms with E-state index in [-0.39, 0.29) is 5.75 Å². The van der Waals surface area contributed by atoms with Crippen LogP contribution < -0.4 is 5.14 Å². The Balaban J connectivity index is 2.82. The summed E-state index contributed by atoms with van der Waals surface area (Å²) in [5, 5.41) is 6.60. The monoisotopic (exact) mass is 171 g/mol. The number of hydrogen-bond acceptors (Lipinski definition) is 3. The molecule has 1 radical (unpaired) electrons. The van der Waals surface area contributed by atoms with Gasteiger partial charge in [-0.2, -0.15) is 0 Å². The first-order chi connectivity index (χ1) is 5.08. The van der Waals surface area contributed by atoms with Gasteiger partial charge < -0.3 is 0 Å². The molecular formula is C6H7N2O2S. The van der Waals surface area contributed by atoms with Crippen molar-refractivity contribution in [3.8, 4) is 0 Å². The van der Waals surface area contributed by atoms with Crippen molar-refractivity contribution in [1.29, 1.82) is 0 Å². The van der Waals surface area contributed by atoms with Gasteiger partial charge in [-0.3, -0.25) is 4.98 Å². The molecular weight excluding hydrogens is 164 g/mol. The number of sulfonamides is 1.